The van der Waals surface area contributed by atoms with Gasteiger partial charge in [-0.1, -0.05) is 12.1 Å². The van der Waals surface area contributed by atoms with E-state index in [9.17, 15) is 0 Å². The van der Waals surface area contributed by atoms with Crippen LogP contribution in [0.25, 0.3) is 10.9 Å². The first-order valence-corrected chi connectivity index (χ1v) is 7.10. The molecular weight excluding hydrogens is 262 g/mol. The van der Waals surface area contributed by atoms with Gasteiger partial charge in [-0.05, 0) is 29.8 Å². The molecule has 0 amide bonds. The lowest BCUT2D eigenvalue weighted by atomic mass is 10.2. The van der Waals surface area contributed by atoms with Crippen LogP contribution in [0.5, 0.6) is 5.75 Å². The predicted molar refractivity (Wildman–Crippen MR) is 84.4 cm³/mol. The molecule has 2 heterocycles. The zero-order valence-corrected chi connectivity index (χ0v) is 12.1. The first-order valence-electron chi connectivity index (χ1n) is 7.10. The summed E-state index contributed by atoms with van der Waals surface area (Å²) in [5, 5.41) is 4.60. The Bertz CT molecular complexity index is 706. The fourth-order valence-electron chi connectivity index (χ4n) is 2.50. The number of methoxy groups -OCH3 is 1. The summed E-state index contributed by atoms with van der Waals surface area (Å²) in [6.45, 7) is 2.68. The van der Waals surface area contributed by atoms with Gasteiger partial charge in [-0.15, -0.1) is 0 Å². The van der Waals surface area contributed by atoms with E-state index in [1.165, 1.54) is 11.1 Å². The monoisotopic (exact) mass is 281 g/mol. The molecule has 0 aliphatic carbocycles. The molecule has 0 bridgehead atoms. The standard InChI is InChI=1S/C17H19N3O/c1-21-17-6-2-5-16-15(17)7-10-20(16)11-9-19-13-14-4-3-8-18-12-14/h2-8,10,12,19H,9,11,13H2,1H3. The predicted octanol–water partition coefficient (Wildman–Crippen LogP) is 2.83. The van der Waals surface area contributed by atoms with Crippen LogP contribution in [-0.2, 0) is 13.1 Å². The van der Waals surface area contributed by atoms with Crippen LogP contribution in [0.4, 0.5) is 0 Å². The molecule has 3 rings (SSSR count). The number of hydrogen-bond acceptors (Lipinski definition) is 3. The maximum atomic E-state index is 5.39. The molecule has 0 fully saturated rings. The number of aromatic nitrogens is 2. The summed E-state index contributed by atoms with van der Waals surface area (Å²) in [5.41, 5.74) is 2.41. The number of ether oxygens (including phenoxy) is 1. The van der Waals surface area contributed by atoms with Crippen LogP contribution >= 0.6 is 0 Å². The van der Waals surface area contributed by atoms with Gasteiger partial charge in [-0.2, -0.15) is 0 Å². The van der Waals surface area contributed by atoms with Crippen LogP contribution in [0.15, 0.2) is 55.0 Å². The van der Waals surface area contributed by atoms with E-state index in [1.54, 1.807) is 13.3 Å². The van der Waals surface area contributed by atoms with Crippen molar-refractivity contribution in [2.75, 3.05) is 13.7 Å². The van der Waals surface area contributed by atoms with Crippen molar-refractivity contribution in [3.63, 3.8) is 0 Å². The molecule has 0 saturated carbocycles. The zero-order chi connectivity index (χ0) is 14.5. The Hall–Kier alpha value is -2.33. The Kier molecular flexibility index (Phi) is 4.17. The first-order chi connectivity index (χ1) is 10.4. The number of benzene rings is 1. The molecule has 0 atom stereocenters. The third kappa shape index (κ3) is 3.06. The summed E-state index contributed by atoms with van der Waals surface area (Å²) in [4.78, 5) is 4.11. The largest absolute Gasteiger partial charge is 0.496 e. The van der Waals surface area contributed by atoms with Crippen molar-refractivity contribution < 1.29 is 4.74 Å². The minimum absolute atomic E-state index is 0.844. The average molecular weight is 281 g/mol. The number of hydrogen-bond donors (Lipinski definition) is 1. The molecule has 4 heteroatoms. The Morgan fingerprint density at radius 1 is 1.19 bits per heavy atom. The molecular formula is C17H19N3O. The van der Waals surface area contributed by atoms with Crippen LogP contribution < -0.4 is 10.1 Å². The Labute approximate surface area is 124 Å². The van der Waals surface area contributed by atoms with E-state index in [-0.39, 0.29) is 0 Å². The summed E-state index contributed by atoms with van der Waals surface area (Å²) >= 11 is 0. The molecule has 2 aromatic heterocycles. The van der Waals surface area contributed by atoms with E-state index < -0.39 is 0 Å². The number of pyridine rings is 1. The maximum Gasteiger partial charge on any atom is 0.128 e. The molecule has 1 N–H and O–H groups in total. The summed E-state index contributed by atoms with van der Waals surface area (Å²) in [5.74, 6) is 0.926. The van der Waals surface area contributed by atoms with Crippen LogP contribution in [0.3, 0.4) is 0 Å². The summed E-state index contributed by atoms with van der Waals surface area (Å²) < 4.78 is 7.63. The third-order valence-electron chi connectivity index (χ3n) is 3.57. The van der Waals surface area contributed by atoms with Crippen molar-refractivity contribution >= 4 is 10.9 Å². The highest BCUT2D eigenvalue weighted by atomic mass is 16.5. The fourth-order valence-corrected chi connectivity index (χ4v) is 2.50. The van der Waals surface area contributed by atoms with E-state index in [2.05, 4.69) is 39.3 Å². The molecule has 1 aromatic carbocycles. The minimum Gasteiger partial charge on any atom is -0.496 e. The van der Waals surface area contributed by atoms with Gasteiger partial charge in [-0.25, -0.2) is 0 Å². The van der Waals surface area contributed by atoms with Gasteiger partial charge in [0, 0.05) is 43.6 Å². The van der Waals surface area contributed by atoms with Crippen molar-refractivity contribution in [1.82, 2.24) is 14.9 Å². The van der Waals surface area contributed by atoms with Gasteiger partial charge in [0.05, 0.1) is 12.6 Å². The number of nitrogens with zero attached hydrogens (tertiary/aromatic N) is 2. The zero-order valence-electron chi connectivity index (χ0n) is 12.1. The van der Waals surface area contributed by atoms with E-state index in [0.29, 0.717) is 0 Å². The van der Waals surface area contributed by atoms with Gasteiger partial charge in [0.2, 0.25) is 0 Å². The highest BCUT2D eigenvalue weighted by Gasteiger charge is 2.05. The quantitative estimate of drug-likeness (QED) is 0.706. The Balaban J connectivity index is 1.61. The van der Waals surface area contributed by atoms with Crippen molar-refractivity contribution in [3.8, 4) is 5.75 Å². The third-order valence-corrected chi connectivity index (χ3v) is 3.57. The molecule has 0 aliphatic heterocycles. The van der Waals surface area contributed by atoms with Gasteiger partial charge >= 0.3 is 0 Å². The Morgan fingerprint density at radius 3 is 2.95 bits per heavy atom. The summed E-state index contributed by atoms with van der Waals surface area (Å²) in [6, 6.07) is 12.3. The maximum absolute atomic E-state index is 5.39. The minimum atomic E-state index is 0.844. The molecule has 0 saturated heterocycles. The summed E-state index contributed by atoms with van der Waals surface area (Å²) in [6.07, 6.45) is 5.80. The highest BCUT2D eigenvalue weighted by Crippen LogP contribution is 2.25. The second-order valence-electron chi connectivity index (χ2n) is 4.94. The normalized spacial score (nSPS) is 10.9. The fraction of sp³-hybridized carbons (Fsp3) is 0.235. The highest BCUT2D eigenvalue weighted by molar-refractivity contribution is 5.86. The number of rotatable bonds is 6. The molecule has 108 valence electrons. The van der Waals surface area contributed by atoms with Crippen LogP contribution in [0.2, 0.25) is 0 Å². The van der Waals surface area contributed by atoms with Gasteiger partial charge < -0.3 is 14.6 Å². The molecule has 0 spiro atoms. The van der Waals surface area contributed by atoms with E-state index in [0.717, 1.165) is 30.8 Å². The average Bonchev–Trinajstić information content (AvgIpc) is 2.96. The lowest BCUT2D eigenvalue weighted by Gasteiger charge is -2.08. The molecule has 21 heavy (non-hydrogen) atoms. The molecule has 3 aromatic rings. The van der Waals surface area contributed by atoms with Crippen LogP contribution in [-0.4, -0.2) is 23.2 Å². The van der Waals surface area contributed by atoms with Crippen molar-refractivity contribution in [2.24, 2.45) is 0 Å². The molecule has 4 nitrogen and oxygen atoms in total. The molecule has 0 radical (unpaired) electrons. The topological polar surface area (TPSA) is 39.1 Å². The van der Waals surface area contributed by atoms with E-state index >= 15 is 0 Å². The van der Waals surface area contributed by atoms with Gasteiger partial charge in [0.25, 0.3) is 0 Å². The van der Waals surface area contributed by atoms with Crippen molar-refractivity contribution in [2.45, 2.75) is 13.1 Å². The van der Waals surface area contributed by atoms with E-state index in [4.69, 9.17) is 4.74 Å². The smallest absolute Gasteiger partial charge is 0.128 e. The van der Waals surface area contributed by atoms with E-state index in [1.807, 2.05) is 24.4 Å². The summed E-state index contributed by atoms with van der Waals surface area (Å²) in [7, 11) is 1.71. The van der Waals surface area contributed by atoms with Gasteiger partial charge in [-0.3, -0.25) is 4.98 Å². The van der Waals surface area contributed by atoms with Crippen LogP contribution in [0, 0.1) is 0 Å². The second kappa shape index (κ2) is 6.41. The van der Waals surface area contributed by atoms with Crippen molar-refractivity contribution in [1.29, 1.82) is 0 Å². The van der Waals surface area contributed by atoms with Gasteiger partial charge in [0.1, 0.15) is 5.75 Å². The SMILES string of the molecule is COc1cccc2c1ccn2CCNCc1cccnc1. The first kappa shape index (κ1) is 13.6. The second-order valence-corrected chi connectivity index (χ2v) is 4.94. The number of fused-ring (bicyclic) bond motifs is 1. The Morgan fingerprint density at radius 2 is 2.14 bits per heavy atom. The van der Waals surface area contributed by atoms with Gasteiger partial charge in [0.15, 0.2) is 0 Å². The number of nitrogens with one attached hydrogen (secondary N) is 1. The lowest BCUT2D eigenvalue weighted by molar-refractivity contribution is 0.420. The molecule has 0 unspecified atom stereocenters. The molecule has 0 aliphatic rings. The van der Waals surface area contributed by atoms with Crippen molar-refractivity contribution in [3.05, 3.63) is 60.6 Å². The lowest BCUT2D eigenvalue weighted by Crippen LogP contribution is -2.19. The van der Waals surface area contributed by atoms with Crippen LogP contribution in [0.1, 0.15) is 5.56 Å².